The average molecular weight is 301 g/mol. The van der Waals surface area contributed by atoms with Crippen molar-refractivity contribution in [3.63, 3.8) is 0 Å². The van der Waals surface area contributed by atoms with E-state index in [9.17, 15) is 0 Å². The fourth-order valence-corrected chi connectivity index (χ4v) is 2.72. The van der Waals surface area contributed by atoms with Gasteiger partial charge in [-0.3, -0.25) is 0 Å². The zero-order valence-electron chi connectivity index (χ0n) is 15.6. The van der Waals surface area contributed by atoms with Crippen LogP contribution in [0.1, 0.15) is 91.4 Å². The van der Waals surface area contributed by atoms with Crippen LogP contribution >= 0.6 is 0 Å². The maximum atomic E-state index is 6.17. The van der Waals surface area contributed by atoms with Crippen molar-refractivity contribution in [3.8, 4) is 0 Å². The van der Waals surface area contributed by atoms with Crippen molar-refractivity contribution in [3.05, 3.63) is 0 Å². The summed E-state index contributed by atoms with van der Waals surface area (Å²) in [5.41, 5.74) is 0. The molecule has 0 aromatic heterocycles. The second-order valence-corrected chi connectivity index (χ2v) is 7.25. The first-order valence-corrected chi connectivity index (χ1v) is 9.49. The number of hydrogen-bond acceptors (Lipinski definition) is 1. The molecule has 0 fully saturated rings. The molecule has 0 aliphatic heterocycles. The van der Waals surface area contributed by atoms with Crippen molar-refractivity contribution >= 4 is 0 Å². The van der Waals surface area contributed by atoms with Crippen LogP contribution in [0.15, 0.2) is 0 Å². The molecule has 0 spiro atoms. The van der Waals surface area contributed by atoms with Gasteiger partial charge in [-0.25, -0.2) is 0 Å². The Morgan fingerprint density at radius 3 is 1.95 bits per heavy atom. The fourth-order valence-electron chi connectivity index (χ4n) is 2.72. The molecule has 0 N–H and O–H groups in total. The van der Waals surface area contributed by atoms with Gasteiger partial charge in [-0.15, -0.1) is 0 Å². The average Bonchev–Trinajstić information content (AvgIpc) is 2.46. The van der Waals surface area contributed by atoms with Crippen LogP contribution < -0.4 is 0 Å². The molecule has 0 heterocycles. The zero-order valence-corrected chi connectivity index (χ0v) is 15.6. The Bertz CT molecular complexity index is 216. The van der Waals surface area contributed by atoms with Crippen molar-refractivity contribution in [2.24, 2.45) is 0 Å². The standard InChI is InChI=1S/C19H42NO/c1-6-9-11-12-13-15-17-20(4,5)18-21-19(8-3)16-14-10-7-2/h19H,6-18H2,1-5H3/q+1. The number of rotatable bonds is 15. The maximum absolute atomic E-state index is 6.17. The van der Waals surface area contributed by atoms with E-state index < -0.39 is 0 Å². The van der Waals surface area contributed by atoms with Crippen molar-refractivity contribution in [1.29, 1.82) is 0 Å². The molecule has 0 saturated heterocycles. The first-order chi connectivity index (χ1) is 10.1. The molecule has 2 heteroatoms. The summed E-state index contributed by atoms with van der Waals surface area (Å²) in [7, 11) is 4.62. The Labute approximate surface area is 134 Å². The topological polar surface area (TPSA) is 9.23 Å². The second kappa shape index (κ2) is 13.6. The van der Waals surface area contributed by atoms with E-state index in [2.05, 4.69) is 34.9 Å². The molecular weight excluding hydrogens is 258 g/mol. The molecule has 0 aliphatic carbocycles. The number of unbranched alkanes of at least 4 members (excludes halogenated alkanes) is 7. The first kappa shape index (κ1) is 20.9. The van der Waals surface area contributed by atoms with E-state index in [-0.39, 0.29) is 0 Å². The van der Waals surface area contributed by atoms with Crippen LogP contribution in [0, 0.1) is 0 Å². The minimum Gasteiger partial charge on any atom is -0.328 e. The summed E-state index contributed by atoms with van der Waals surface area (Å²) < 4.78 is 7.18. The lowest BCUT2D eigenvalue weighted by Crippen LogP contribution is -2.43. The van der Waals surface area contributed by atoms with E-state index in [1.165, 1.54) is 70.8 Å². The summed E-state index contributed by atoms with van der Waals surface area (Å²) in [6.07, 6.45) is 15.1. The van der Waals surface area contributed by atoms with Crippen LogP contribution in [0.3, 0.4) is 0 Å². The number of ether oxygens (including phenoxy) is 1. The van der Waals surface area contributed by atoms with Crippen molar-refractivity contribution in [2.45, 2.75) is 97.5 Å². The highest BCUT2D eigenvalue weighted by atomic mass is 16.5. The summed E-state index contributed by atoms with van der Waals surface area (Å²) in [6, 6.07) is 0. The fraction of sp³-hybridized carbons (Fsp3) is 1.00. The van der Waals surface area contributed by atoms with E-state index in [1.807, 2.05) is 0 Å². The first-order valence-electron chi connectivity index (χ1n) is 9.49. The Balaban J connectivity index is 3.72. The largest absolute Gasteiger partial charge is 0.328 e. The molecule has 128 valence electrons. The molecule has 0 saturated carbocycles. The van der Waals surface area contributed by atoms with Gasteiger partial charge in [-0.05, 0) is 25.7 Å². The van der Waals surface area contributed by atoms with Crippen molar-refractivity contribution in [2.75, 3.05) is 27.4 Å². The van der Waals surface area contributed by atoms with Gasteiger partial charge in [0.1, 0.15) is 0 Å². The lowest BCUT2D eigenvalue weighted by molar-refractivity contribution is -0.910. The molecule has 1 atom stereocenters. The van der Waals surface area contributed by atoms with Gasteiger partial charge in [0.05, 0.1) is 26.7 Å². The Morgan fingerprint density at radius 1 is 0.762 bits per heavy atom. The molecule has 0 radical (unpaired) electrons. The van der Waals surface area contributed by atoms with E-state index in [0.29, 0.717) is 6.10 Å². The van der Waals surface area contributed by atoms with Crippen LogP contribution in [-0.2, 0) is 4.74 Å². The third-order valence-electron chi connectivity index (χ3n) is 4.36. The molecule has 2 nitrogen and oxygen atoms in total. The van der Waals surface area contributed by atoms with Crippen LogP contribution in [0.4, 0.5) is 0 Å². The summed E-state index contributed by atoms with van der Waals surface area (Å²) in [6.45, 7) is 8.92. The van der Waals surface area contributed by atoms with Gasteiger partial charge in [-0.1, -0.05) is 65.7 Å². The van der Waals surface area contributed by atoms with Gasteiger partial charge < -0.3 is 9.22 Å². The SMILES string of the molecule is CCCCCCCC[N+](C)(C)COC(CC)CCCCC. The Morgan fingerprint density at radius 2 is 1.33 bits per heavy atom. The molecule has 0 rings (SSSR count). The predicted octanol–water partition coefficient (Wildman–Crippen LogP) is 5.76. The monoisotopic (exact) mass is 300 g/mol. The van der Waals surface area contributed by atoms with Crippen LogP contribution in [0.5, 0.6) is 0 Å². The number of hydrogen-bond donors (Lipinski definition) is 0. The van der Waals surface area contributed by atoms with Crippen LogP contribution in [-0.4, -0.2) is 38.0 Å². The van der Waals surface area contributed by atoms with Crippen molar-refractivity contribution in [1.82, 2.24) is 0 Å². The summed E-state index contributed by atoms with van der Waals surface area (Å²) in [5.74, 6) is 0. The highest BCUT2D eigenvalue weighted by Crippen LogP contribution is 2.13. The predicted molar refractivity (Wildman–Crippen MR) is 94.5 cm³/mol. The second-order valence-electron chi connectivity index (χ2n) is 7.25. The highest BCUT2D eigenvalue weighted by Gasteiger charge is 2.17. The van der Waals surface area contributed by atoms with Gasteiger partial charge in [0, 0.05) is 0 Å². The summed E-state index contributed by atoms with van der Waals surface area (Å²) in [5, 5.41) is 0. The third kappa shape index (κ3) is 13.3. The minimum absolute atomic E-state index is 0.471. The van der Waals surface area contributed by atoms with E-state index in [0.717, 1.165) is 17.6 Å². The van der Waals surface area contributed by atoms with E-state index in [1.54, 1.807) is 0 Å². The van der Waals surface area contributed by atoms with Crippen LogP contribution in [0.2, 0.25) is 0 Å². The smallest absolute Gasteiger partial charge is 0.183 e. The van der Waals surface area contributed by atoms with Crippen molar-refractivity contribution < 1.29 is 9.22 Å². The lowest BCUT2D eigenvalue weighted by Gasteiger charge is -2.31. The van der Waals surface area contributed by atoms with Gasteiger partial charge in [-0.2, -0.15) is 0 Å². The number of nitrogens with zero attached hydrogens (tertiary/aromatic N) is 1. The number of quaternary nitrogens is 1. The maximum Gasteiger partial charge on any atom is 0.183 e. The van der Waals surface area contributed by atoms with Gasteiger partial charge in [0.15, 0.2) is 6.73 Å². The molecule has 0 amide bonds. The van der Waals surface area contributed by atoms with E-state index >= 15 is 0 Å². The minimum atomic E-state index is 0.471. The van der Waals surface area contributed by atoms with Gasteiger partial charge in [0.25, 0.3) is 0 Å². The van der Waals surface area contributed by atoms with E-state index in [4.69, 9.17) is 4.74 Å². The van der Waals surface area contributed by atoms with Crippen LogP contribution in [0.25, 0.3) is 0 Å². The zero-order chi connectivity index (χ0) is 16.0. The molecule has 0 aromatic rings. The molecule has 0 aliphatic rings. The van der Waals surface area contributed by atoms with Gasteiger partial charge >= 0.3 is 0 Å². The Hall–Kier alpha value is -0.0800. The highest BCUT2D eigenvalue weighted by molar-refractivity contribution is 4.55. The Kier molecular flexibility index (Phi) is 13.5. The molecule has 0 bridgehead atoms. The molecule has 1 unspecified atom stereocenters. The molecule has 21 heavy (non-hydrogen) atoms. The summed E-state index contributed by atoms with van der Waals surface area (Å²) in [4.78, 5) is 0. The van der Waals surface area contributed by atoms with Gasteiger partial charge in [0.2, 0.25) is 0 Å². The quantitative estimate of drug-likeness (QED) is 0.212. The lowest BCUT2D eigenvalue weighted by atomic mass is 10.1. The third-order valence-corrected chi connectivity index (χ3v) is 4.36. The molecular formula is C19H42NO+. The summed E-state index contributed by atoms with van der Waals surface area (Å²) >= 11 is 0. The normalized spacial score (nSPS) is 13.6. The molecule has 0 aromatic carbocycles.